The van der Waals surface area contributed by atoms with Crippen molar-refractivity contribution >= 4 is 66.8 Å². The summed E-state index contributed by atoms with van der Waals surface area (Å²) in [6.45, 7) is 14.6. The molecule has 0 saturated heterocycles. The van der Waals surface area contributed by atoms with Crippen molar-refractivity contribution in [2.75, 3.05) is 9.80 Å². The number of benzene rings is 10. The number of fused-ring (bicyclic) bond motifs is 11. The molecule has 1 atom stereocenters. The van der Waals surface area contributed by atoms with Gasteiger partial charge in [0.05, 0.1) is 6.04 Å². The molecule has 0 radical (unpaired) electrons. The van der Waals surface area contributed by atoms with Gasteiger partial charge in [-0.3, -0.25) is 0 Å². The van der Waals surface area contributed by atoms with Crippen LogP contribution in [0.2, 0.25) is 0 Å². The summed E-state index contributed by atoms with van der Waals surface area (Å²) in [7, 11) is 0. The normalized spacial score (nSPS) is 15.8. The third kappa shape index (κ3) is 6.09. The molecule has 10 aromatic rings. The van der Waals surface area contributed by atoms with Crippen LogP contribution in [0.15, 0.2) is 194 Å². The van der Waals surface area contributed by atoms with E-state index < -0.39 is 0 Å². The lowest BCUT2D eigenvalue weighted by Crippen LogP contribution is -2.33. The van der Waals surface area contributed by atoms with Crippen LogP contribution in [0, 0.1) is 13.8 Å². The van der Waals surface area contributed by atoms with Gasteiger partial charge in [0.2, 0.25) is 0 Å². The maximum atomic E-state index is 2.61. The summed E-state index contributed by atoms with van der Waals surface area (Å²) in [6.07, 6.45) is 5.70. The van der Waals surface area contributed by atoms with Crippen LogP contribution < -0.4 is 9.80 Å². The van der Waals surface area contributed by atoms with E-state index >= 15 is 0 Å². The highest BCUT2D eigenvalue weighted by Crippen LogP contribution is 2.61. The Morgan fingerprint density at radius 3 is 1.40 bits per heavy atom. The lowest BCUT2D eigenvalue weighted by atomic mass is 9.72. The molecule has 10 aromatic carbocycles. The molecule has 0 saturated carbocycles. The molecule has 328 valence electrons. The third-order valence-electron chi connectivity index (χ3n) is 15.8. The summed E-state index contributed by atoms with van der Waals surface area (Å²) < 4.78 is 0. The van der Waals surface area contributed by atoms with Crippen LogP contribution in [0.4, 0.5) is 28.4 Å². The summed E-state index contributed by atoms with van der Waals surface area (Å²) in [5.41, 5.74) is 22.0. The van der Waals surface area contributed by atoms with Crippen LogP contribution in [-0.4, -0.2) is 6.04 Å². The highest BCUT2D eigenvalue weighted by Gasteiger charge is 2.47. The zero-order valence-electron chi connectivity index (χ0n) is 39.7. The number of anilines is 5. The van der Waals surface area contributed by atoms with Crippen LogP contribution in [0.3, 0.4) is 0 Å². The Bertz CT molecular complexity index is 3690. The van der Waals surface area contributed by atoms with E-state index in [1.165, 1.54) is 116 Å². The zero-order chi connectivity index (χ0) is 46.1. The molecule has 68 heavy (non-hydrogen) atoms. The van der Waals surface area contributed by atoms with E-state index in [9.17, 15) is 0 Å². The van der Waals surface area contributed by atoms with Crippen LogP contribution in [0.25, 0.3) is 60.6 Å². The van der Waals surface area contributed by atoms with Crippen molar-refractivity contribution in [1.29, 1.82) is 0 Å². The molecule has 2 nitrogen and oxygen atoms in total. The van der Waals surface area contributed by atoms with Crippen molar-refractivity contribution in [1.82, 2.24) is 0 Å². The van der Waals surface area contributed by atoms with Crippen molar-refractivity contribution < 1.29 is 0 Å². The summed E-state index contributed by atoms with van der Waals surface area (Å²) >= 11 is 0. The molecule has 0 N–H and O–H groups in total. The first-order valence-electron chi connectivity index (χ1n) is 24.3. The first kappa shape index (κ1) is 40.6. The van der Waals surface area contributed by atoms with Gasteiger partial charge in [0.15, 0.2) is 0 Å². The molecule has 0 aromatic heterocycles. The van der Waals surface area contributed by atoms with Gasteiger partial charge >= 0.3 is 0 Å². The van der Waals surface area contributed by atoms with Gasteiger partial charge < -0.3 is 9.80 Å². The number of nitrogens with zero attached hydrogens (tertiary/aromatic N) is 2. The molecule has 0 bridgehead atoms. The molecule has 3 aliphatic carbocycles. The predicted octanol–water partition coefficient (Wildman–Crippen LogP) is 17.6. The second kappa shape index (κ2) is 14.9. The molecule has 13 rings (SSSR count). The highest BCUT2D eigenvalue weighted by atomic mass is 15.2. The van der Waals surface area contributed by atoms with Gasteiger partial charge in [0, 0.05) is 39.3 Å². The van der Waals surface area contributed by atoms with E-state index in [1.807, 2.05) is 0 Å². The largest absolute Gasteiger partial charge is 0.334 e. The van der Waals surface area contributed by atoms with Gasteiger partial charge in [-0.1, -0.05) is 167 Å². The Morgan fingerprint density at radius 2 is 0.853 bits per heavy atom. The van der Waals surface area contributed by atoms with Crippen molar-refractivity contribution in [2.24, 2.45) is 0 Å². The standard InChI is InChI=1S/C66H54N2/c1-41-33-55(67(51-27-23-43-15-7-11-19-47(43)35-51)52-28-24-44-16-8-12-20-48(44)36-52)39-59-61(41)57-31-32-58-62-42(2)34-56(40-60(62)66(5,6)64(58)63(57)65(59,3)4)68(53-29-25-45-17-9-13-21-49(45)37-53)54-30-26-46-18-10-14-22-50(46)38-54/h7-37,39-40,54H,38H2,1-6H3. The summed E-state index contributed by atoms with van der Waals surface area (Å²) in [4.78, 5) is 5.08. The van der Waals surface area contributed by atoms with Crippen molar-refractivity contribution in [3.63, 3.8) is 0 Å². The fourth-order valence-corrected chi connectivity index (χ4v) is 12.6. The van der Waals surface area contributed by atoms with Crippen LogP contribution in [0.1, 0.15) is 72.2 Å². The minimum atomic E-state index is -0.261. The maximum Gasteiger partial charge on any atom is 0.0566 e. The van der Waals surface area contributed by atoms with Gasteiger partial charge in [-0.15, -0.1) is 0 Å². The van der Waals surface area contributed by atoms with Crippen molar-refractivity contribution in [3.05, 3.63) is 239 Å². The Hall–Kier alpha value is -7.68. The molecule has 0 heterocycles. The van der Waals surface area contributed by atoms with Gasteiger partial charge in [-0.2, -0.15) is 0 Å². The Kier molecular flexibility index (Phi) is 8.90. The molecule has 0 spiro atoms. The first-order valence-corrected chi connectivity index (χ1v) is 24.3. The quantitative estimate of drug-likeness (QED) is 0.164. The highest BCUT2D eigenvalue weighted by molar-refractivity contribution is 5.97. The number of hydrogen-bond donors (Lipinski definition) is 0. The second-order valence-electron chi connectivity index (χ2n) is 20.7. The summed E-state index contributed by atoms with van der Waals surface area (Å²) in [6, 6.07) is 70.8. The van der Waals surface area contributed by atoms with Crippen molar-refractivity contribution in [3.8, 4) is 22.3 Å². The van der Waals surface area contributed by atoms with Gasteiger partial charge in [0.1, 0.15) is 0 Å². The molecule has 0 fully saturated rings. The Balaban J connectivity index is 0.947. The first-order chi connectivity index (χ1) is 33.0. The smallest absolute Gasteiger partial charge is 0.0566 e. The number of aryl methyl sites for hydroxylation is 2. The molecule has 3 aliphatic rings. The fraction of sp³-hybridized carbons (Fsp3) is 0.152. The van der Waals surface area contributed by atoms with E-state index in [4.69, 9.17) is 0 Å². The molecular formula is C66H54N2. The Labute approximate surface area is 400 Å². The van der Waals surface area contributed by atoms with Crippen LogP contribution in [-0.2, 0) is 17.3 Å². The monoisotopic (exact) mass is 874 g/mol. The van der Waals surface area contributed by atoms with Crippen LogP contribution in [0.5, 0.6) is 0 Å². The van der Waals surface area contributed by atoms with Crippen molar-refractivity contribution in [2.45, 2.75) is 64.8 Å². The maximum absolute atomic E-state index is 2.61. The Morgan fingerprint density at radius 1 is 0.412 bits per heavy atom. The van der Waals surface area contributed by atoms with E-state index in [0.29, 0.717) is 0 Å². The summed E-state index contributed by atoms with van der Waals surface area (Å²) in [5, 5.41) is 7.48. The van der Waals surface area contributed by atoms with E-state index in [-0.39, 0.29) is 16.9 Å². The predicted molar refractivity (Wildman–Crippen MR) is 290 cm³/mol. The lowest BCUT2D eigenvalue weighted by Gasteiger charge is -2.36. The van der Waals surface area contributed by atoms with E-state index in [0.717, 1.165) is 17.8 Å². The fourth-order valence-electron chi connectivity index (χ4n) is 12.6. The average molecular weight is 875 g/mol. The van der Waals surface area contributed by atoms with E-state index in [1.54, 1.807) is 0 Å². The molecule has 2 heteroatoms. The van der Waals surface area contributed by atoms with E-state index in [2.05, 4.69) is 252 Å². The summed E-state index contributed by atoms with van der Waals surface area (Å²) in [5.74, 6) is 0. The lowest BCUT2D eigenvalue weighted by molar-refractivity contribution is 0.601. The molecule has 1 unspecified atom stereocenters. The second-order valence-corrected chi connectivity index (χ2v) is 20.7. The number of rotatable bonds is 6. The number of hydrogen-bond acceptors (Lipinski definition) is 2. The third-order valence-corrected chi connectivity index (χ3v) is 15.8. The minimum absolute atomic E-state index is 0.161. The topological polar surface area (TPSA) is 6.48 Å². The van der Waals surface area contributed by atoms with Crippen LogP contribution >= 0.6 is 0 Å². The van der Waals surface area contributed by atoms with Gasteiger partial charge in [-0.05, 0) is 180 Å². The average Bonchev–Trinajstić information content (AvgIpc) is 3.73. The molecule has 0 aliphatic heterocycles. The van der Waals surface area contributed by atoms with Gasteiger partial charge in [0.25, 0.3) is 0 Å². The minimum Gasteiger partial charge on any atom is -0.334 e. The zero-order valence-corrected chi connectivity index (χ0v) is 39.7. The van der Waals surface area contributed by atoms with Gasteiger partial charge in [-0.25, -0.2) is 0 Å². The molecule has 0 amide bonds. The SMILES string of the molecule is Cc1cc(N(c2ccc3ccccc3c2)c2ccc3ccccc3c2)cc2c1-c1ccc3c(c1C2(C)C)C(C)(C)c1cc(N(c2ccc4ccccc4c2)C2C=Cc4ccccc4C2)cc(C)c1-3. The molecular weight excluding hydrogens is 821 g/mol.